The number of nitrogens with one attached hydrogen (secondary N) is 1. The monoisotopic (exact) mass is 205 g/mol. The van der Waals surface area contributed by atoms with Crippen LogP contribution in [0.5, 0.6) is 0 Å². The summed E-state index contributed by atoms with van der Waals surface area (Å²) < 4.78 is 3.87. The van der Waals surface area contributed by atoms with Crippen LogP contribution in [0.15, 0.2) is 0 Å². The van der Waals surface area contributed by atoms with E-state index in [9.17, 15) is 0 Å². The second kappa shape index (κ2) is 4.62. The van der Waals surface area contributed by atoms with Crippen molar-refractivity contribution in [3.8, 4) is 0 Å². The minimum Gasteiger partial charge on any atom is -0.358 e. The van der Waals surface area contributed by atoms with Gasteiger partial charge in [-0.05, 0) is 24.4 Å². The molecule has 1 heterocycles. The van der Waals surface area contributed by atoms with Crippen LogP contribution in [0.3, 0.4) is 0 Å². The van der Waals surface area contributed by atoms with Gasteiger partial charge >= 0.3 is 0 Å². The first-order valence-electron chi connectivity index (χ1n) is 4.02. The lowest BCUT2D eigenvalue weighted by atomic mass is 10.2. The summed E-state index contributed by atoms with van der Waals surface area (Å²) >= 11 is 6.88. The molecule has 12 heavy (non-hydrogen) atoms. The summed E-state index contributed by atoms with van der Waals surface area (Å²) in [6.45, 7) is 4.29. The van der Waals surface area contributed by atoms with Gasteiger partial charge in [-0.25, -0.2) is 0 Å². The van der Waals surface area contributed by atoms with Crippen molar-refractivity contribution < 1.29 is 0 Å². The molecule has 0 aromatic carbocycles. The van der Waals surface area contributed by atoms with E-state index in [1.807, 2.05) is 0 Å². The largest absolute Gasteiger partial charge is 0.358 e. The number of halogens is 1. The third-order valence-corrected chi connectivity index (χ3v) is 2.63. The number of rotatable bonds is 4. The summed E-state index contributed by atoms with van der Waals surface area (Å²) in [6.07, 6.45) is 2.18. The second-order valence-corrected chi connectivity index (χ2v) is 3.62. The topological polar surface area (TPSA) is 37.8 Å². The quantitative estimate of drug-likeness (QED) is 0.822. The first-order chi connectivity index (χ1) is 5.76. The van der Waals surface area contributed by atoms with Crippen LogP contribution in [-0.2, 0) is 0 Å². The van der Waals surface area contributed by atoms with E-state index in [0.29, 0.717) is 11.3 Å². The molecule has 0 aliphatic heterocycles. The smallest absolute Gasteiger partial charge is 0.236 e. The molecule has 0 saturated heterocycles. The lowest BCUT2D eigenvalue weighted by molar-refractivity contribution is 0.671. The third kappa shape index (κ3) is 2.60. The maximum Gasteiger partial charge on any atom is 0.236 e. The van der Waals surface area contributed by atoms with Crippen LogP contribution < -0.4 is 5.32 Å². The average Bonchev–Trinajstić information content (AvgIpc) is 2.47. The Kier molecular flexibility index (Phi) is 3.75. The fraction of sp³-hybridized carbons (Fsp3) is 0.714. The van der Waals surface area contributed by atoms with Crippen molar-refractivity contribution in [1.29, 1.82) is 0 Å². The van der Waals surface area contributed by atoms with Gasteiger partial charge in [-0.3, -0.25) is 0 Å². The van der Waals surface area contributed by atoms with Crippen molar-refractivity contribution >= 4 is 28.3 Å². The van der Waals surface area contributed by atoms with Crippen LogP contribution in [0.4, 0.5) is 5.13 Å². The highest BCUT2D eigenvalue weighted by atomic mass is 35.5. The number of aromatic nitrogens is 2. The van der Waals surface area contributed by atoms with E-state index in [-0.39, 0.29) is 0 Å². The Morgan fingerprint density at radius 1 is 1.50 bits per heavy atom. The van der Waals surface area contributed by atoms with Crippen LogP contribution in [0.1, 0.15) is 26.7 Å². The summed E-state index contributed by atoms with van der Waals surface area (Å²) in [6, 6.07) is 0.481. The van der Waals surface area contributed by atoms with Crippen molar-refractivity contribution in [2.24, 2.45) is 0 Å². The van der Waals surface area contributed by atoms with Gasteiger partial charge in [0, 0.05) is 17.6 Å². The predicted molar refractivity (Wildman–Crippen MR) is 52.9 cm³/mol. The fourth-order valence-corrected chi connectivity index (χ4v) is 1.72. The minimum atomic E-state index is 0.327. The third-order valence-electron chi connectivity index (χ3n) is 1.71. The zero-order valence-corrected chi connectivity index (χ0v) is 8.74. The van der Waals surface area contributed by atoms with E-state index >= 15 is 0 Å². The number of anilines is 1. The molecule has 3 nitrogen and oxygen atoms in total. The van der Waals surface area contributed by atoms with Gasteiger partial charge in [-0.2, -0.15) is 9.36 Å². The molecular weight excluding hydrogens is 194 g/mol. The zero-order chi connectivity index (χ0) is 8.97. The van der Waals surface area contributed by atoms with E-state index in [2.05, 4.69) is 28.5 Å². The summed E-state index contributed by atoms with van der Waals surface area (Å²) in [4.78, 5) is 4.01. The van der Waals surface area contributed by atoms with Gasteiger partial charge in [0.25, 0.3) is 0 Å². The molecular formula is C7H12ClN3S. The lowest BCUT2D eigenvalue weighted by Crippen LogP contribution is -2.16. The molecule has 5 heteroatoms. The van der Waals surface area contributed by atoms with Crippen molar-refractivity contribution in [3.63, 3.8) is 0 Å². The van der Waals surface area contributed by atoms with Gasteiger partial charge in [0.05, 0.1) is 0 Å². The SMILES string of the molecule is CCC(CC)Nc1nc(Cl)ns1. The van der Waals surface area contributed by atoms with Crippen molar-refractivity contribution in [1.82, 2.24) is 9.36 Å². The van der Waals surface area contributed by atoms with Crippen LogP contribution in [0.2, 0.25) is 5.28 Å². The molecule has 0 bridgehead atoms. The maximum atomic E-state index is 5.58. The summed E-state index contributed by atoms with van der Waals surface area (Å²) in [5, 5.41) is 4.40. The number of nitrogens with zero attached hydrogens (tertiary/aromatic N) is 2. The number of hydrogen-bond acceptors (Lipinski definition) is 4. The average molecular weight is 206 g/mol. The summed E-state index contributed by atoms with van der Waals surface area (Å²) in [7, 11) is 0. The summed E-state index contributed by atoms with van der Waals surface area (Å²) in [5.41, 5.74) is 0. The Morgan fingerprint density at radius 3 is 2.58 bits per heavy atom. The number of hydrogen-bond donors (Lipinski definition) is 1. The van der Waals surface area contributed by atoms with Crippen LogP contribution in [0.25, 0.3) is 0 Å². The molecule has 0 saturated carbocycles. The first kappa shape index (κ1) is 9.74. The van der Waals surface area contributed by atoms with E-state index in [0.717, 1.165) is 18.0 Å². The molecule has 0 spiro atoms. The molecule has 0 aliphatic carbocycles. The Hall–Kier alpha value is -0.350. The van der Waals surface area contributed by atoms with Crippen molar-refractivity contribution in [2.75, 3.05) is 5.32 Å². The van der Waals surface area contributed by atoms with Gasteiger partial charge in [0.1, 0.15) is 0 Å². The molecule has 68 valence electrons. The maximum absolute atomic E-state index is 5.58. The first-order valence-corrected chi connectivity index (χ1v) is 5.17. The van der Waals surface area contributed by atoms with Crippen molar-refractivity contribution in [2.45, 2.75) is 32.7 Å². The Morgan fingerprint density at radius 2 is 2.17 bits per heavy atom. The van der Waals surface area contributed by atoms with E-state index in [4.69, 9.17) is 11.6 Å². The standard InChI is InChI=1S/C7H12ClN3S/c1-3-5(4-2)9-7-10-6(8)11-12-7/h5H,3-4H2,1-2H3,(H,9,10,11). The van der Waals surface area contributed by atoms with Gasteiger partial charge in [0.15, 0.2) is 0 Å². The van der Waals surface area contributed by atoms with Crippen LogP contribution in [-0.4, -0.2) is 15.4 Å². The van der Waals surface area contributed by atoms with Gasteiger partial charge < -0.3 is 5.32 Å². The highest BCUT2D eigenvalue weighted by molar-refractivity contribution is 7.09. The van der Waals surface area contributed by atoms with Crippen molar-refractivity contribution in [3.05, 3.63) is 5.28 Å². The minimum absolute atomic E-state index is 0.327. The molecule has 1 rings (SSSR count). The van der Waals surface area contributed by atoms with Gasteiger partial charge in [0.2, 0.25) is 10.4 Å². The normalized spacial score (nSPS) is 10.7. The van der Waals surface area contributed by atoms with Crippen LogP contribution in [0, 0.1) is 0 Å². The molecule has 0 aliphatic rings. The molecule has 0 fully saturated rings. The van der Waals surface area contributed by atoms with E-state index in [1.165, 1.54) is 11.5 Å². The van der Waals surface area contributed by atoms with Crippen LogP contribution >= 0.6 is 23.1 Å². The van der Waals surface area contributed by atoms with E-state index < -0.39 is 0 Å². The predicted octanol–water partition coefficient (Wildman–Crippen LogP) is 2.79. The zero-order valence-electron chi connectivity index (χ0n) is 7.17. The van der Waals surface area contributed by atoms with Gasteiger partial charge in [-0.1, -0.05) is 13.8 Å². The molecule has 0 radical (unpaired) electrons. The Bertz CT molecular complexity index is 234. The molecule has 0 amide bonds. The second-order valence-electron chi connectivity index (χ2n) is 2.53. The molecule has 1 N–H and O–H groups in total. The Labute approximate surface area is 81.3 Å². The molecule has 1 aromatic rings. The highest BCUT2D eigenvalue weighted by Gasteiger charge is 2.06. The molecule has 0 unspecified atom stereocenters. The lowest BCUT2D eigenvalue weighted by Gasteiger charge is -2.12. The van der Waals surface area contributed by atoms with Gasteiger partial charge in [-0.15, -0.1) is 0 Å². The molecule has 0 atom stereocenters. The molecule has 1 aromatic heterocycles. The van der Waals surface area contributed by atoms with E-state index in [1.54, 1.807) is 0 Å². The fourth-order valence-electron chi connectivity index (χ4n) is 0.932. The Balaban J connectivity index is 2.50. The highest BCUT2D eigenvalue weighted by Crippen LogP contribution is 2.16. The summed E-state index contributed by atoms with van der Waals surface area (Å²) in [5.74, 6) is 0.